The smallest absolute Gasteiger partial charge is 0.161 e. The van der Waals surface area contributed by atoms with Crippen molar-refractivity contribution in [2.45, 2.75) is 6.54 Å². The van der Waals surface area contributed by atoms with Crippen LogP contribution in [0.25, 0.3) is 6.08 Å². The summed E-state index contributed by atoms with van der Waals surface area (Å²) in [5.41, 5.74) is 2.57. The highest BCUT2D eigenvalue weighted by atomic mass is 16.6. The van der Waals surface area contributed by atoms with E-state index in [2.05, 4.69) is 64.4 Å². The molecule has 0 radical (unpaired) electrons. The third kappa shape index (κ3) is 4.45. The average Bonchev–Trinajstić information content (AvgIpc) is 2.70. The van der Waals surface area contributed by atoms with E-state index >= 15 is 0 Å². The van der Waals surface area contributed by atoms with Crippen molar-refractivity contribution in [3.63, 3.8) is 0 Å². The summed E-state index contributed by atoms with van der Waals surface area (Å²) in [5, 5.41) is 0. The minimum atomic E-state index is 0.644. The summed E-state index contributed by atoms with van der Waals surface area (Å²) in [6.45, 7) is 7.73. The standard InChI is InChI=1S/C22H26N2O2/c1-2-5-19(6-3-1)7-4-10-23-11-13-24(14-12-23)18-20-8-9-21-22(17-20)26-16-15-25-21/h1-9,17H,10-16,18H2/b7-4-. The normalized spacial score (nSPS) is 18.3. The predicted molar refractivity (Wildman–Crippen MR) is 105 cm³/mol. The Morgan fingerprint density at radius 1 is 0.808 bits per heavy atom. The van der Waals surface area contributed by atoms with Crippen LogP contribution < -0.4 is 9.47 Å². The van der Waals surface area contributed by atoms with E-state index in [1.165, 1.54) is 11.1 Å². The number of benzene rings is 2. The Labute approximate surface area is 155 Å². The Kier molecular flexibility index (Phi) is 5.53. The van der Waals surface area contributed by atoms with Crippen molar-refractivity contribution in [3.05, 3.63) is 65.7 Å². The molecule has 0 saturated carbocycles. The molecule has 0 atom stereocenters. The van der Waals surface area contributed by atoms with Crippen LogP contribution in [0.1, 0.15) is 11.1 Å². The molecule has 4 nitrogen and oxygen atoms in total. The van der Waals surface area contributed by atoms with Gasteiger partial charge in [-0.3, -0.25) is 9.80 Å². The van der Waals surface area contributed by atoms with E-state index in [0.717, 1.165) is 50.8 Å². The summed E-state index contributed by atoms with van der Waals surface area (Å²) in [4.78, 5) is 5.03. The van der Waals surface area contributed by atoms with Crippen molar-refractivity contribution in [1.82, 2.24) is 9.80 Å². The van der Waals surface area contributed by atoms with Crippen LogP contribution in [0.2, 0.25) is 0 Å². The topological polar surface area (TPSA) is 24.9 Å². The molecule has 0 amide bonds. The fourth-order valence-corrected chi connectivity index (χ4v) is 3.48. The summed E-state index contributed by atoms with van der Waals surface area (Å²) in [5.74, 6) is 1.76. The lowest BCUT2D eigenvalue weighted by molar-refractivity contribution is 0.136. The SMILES string of the molecule is C(=C/c1ccccc1)/CN1CCN(Cc2ccc3c(c2)OCCO3)CC1. The van der Waals surface area contributed by atoms with Crippen LogP contribution in [0.15, 0.2) is 54.6 Å². The molecule has 0 bridgehead atoms. The van der Waals surface area contributed by atoms with Crippen molar-refractivity contribution in [2.24, 2.45) is 0 Å². The second-order valence-electron chi connectivity index (χ2n) is 6.87. The maximum absolute atomic E-state index is 5.69. The predicted octanol–water partition coefficient (Wildman–Crippen LogP) is 3.29. The van der Waals surface area contributed by atoms with Gasteiger partial charge in [0, 0.05) is 39.3 Å². The van der Waals surface area contributed by atoms with E-state index in [9.17, 15) is 0 Å². The van der Waals surface area contributed by atoms with E-state index in [4.69, 9.17) is 9.47 Å². The van der Waals surface area contributed by atoms with Gasteiger partial charge in [0.2, 0.25) is 0 Å². The zero-order chi connectivity index (χ0) is 17.6. The highest BCUT2D eigenvalue weighted by Crippen LogP contribution is 2.31. The molecule has 0 aliphatic carbocycles. The van der Waals surface area contributed by atoms with Gasteiger partial charge in [-0.25, -0.2) is 0 Å². The molecule has 0 unspecified atom stereocenters. The molecule has 1 fully saturated rings. The Hall–Kier alpha value is -2.30. The summed E-state index contributed by atoms with van der Waals surface area (Å²) in [6, 6.07) is 16.8. The molecule has 26 heavy (non-hydrogen) atoms. The molecule has 0 aromatic heterocycles. The first kappa shape index (κ1) is 17.1. The molecule has 2 aromatic carbocycles. The fourth-order valence-electron chi connectivity index (χ4n) is 3.48. The number of piperazine rings is 1. The van der Waals surface area contributed by atoms with Crippen molar-refractivity contribution in [1.29, 1.82) is 0 Å². The molecule has 136 valence electrons. The van der Waals surface area contributed by atoms with Gasteiger partial charge in [-0.1, -0.05) is 48.6 Å². The van der Waals surface area contributed by atoms with E-state index in [-0.39, 0.29) is 0 Å². The Bertz CT molecular complexity index is 737. The highest BCUT2D eigenvalue weighted by molar-refractivity contribution is 5.48. The van der Waals surface area contributed by atoms with Crippen LogP contribution in [0, 0.1) is 0 Å². The van der Waals surface area contributed by atoms with E-state index in [1.807, 2.05) is 6.07 Å². The minimum Gasteiger partial charge on any atom is -0.486 e. The van der Waals surface area contributed by atoms with Crippen molar-refractivity contribution >= 4 is 6.08 Å². The molecule has 0 N–H and O–H groups in total. The van der Waals surface area contributed by atoms with Crippen LogP contribution in [-0.2, 0) is 6.54 Å². The summed E-state index contributed by atoms with van der Waals surface area (Å²) >= 11 is 0. The van der Waals surface area contributed by atoms with Crippen LogP contribution in [0.5, 0.6) is 11.5 Å². The first-order chi connectivity index (χ1) is 12.9. The fraction of sp³-hybridized carbons (Fsp3) is 0.364. The number of hydrogen-bond acceptors (Lipinski definition) is 4. The second-order valence-corrected chi connectivity index (χ2v) is 6.87. The molecular weight excluding hydrogens is 324 g/mol. The Morgan fingerprint density at radius 3 is 2.35 bits per heavy atom. The third-order valence-electron chi connectivity index (χ3n) is 4.95. The number of fused-ring (bicyclic) bond motifs is 1. The number of rotatable bonds is 5. The van der Waals surface area contributed by atoms with E-state index < -0.39 is 0 Å². The first-order valence-corrected chi connectivity index (χ1v) is 9.42. The van der Waals surface area contributed by atoms with Gasteiger partial charge in [-0.15, -0.1) is 0 Å². The van der Waals surface area contributed by atoms with Gasteiger partial charge in [-0.2, -0.15) is 0 Å². The van der Waals surface area contributed by atoms with Gasteiger partial charge in [-0.05, 0) is 23.3 Å². The molecule has 2 aliphatic heterocycles. The first-order valence-electron chi connectivity index (χ1n) is 9.42. The lowest BCUT2D eigenvalue weighted by Crippen LogP contribution is -2.45. The summed E-state index contributed by atoms with van der Waals surface area (Å²) < 4.78 is 11.3. The zero-order valence-electron chi connectivity index (χ0n) is 15.1. The third-order valence-corrected chi connectivity index (χ3v) is 4.95. The number of nitrogens with zero attached hydrogens (tertiary/aromatic N) is 2. The maximum atomic E-state index is 5.69. The van der Waals surface area contributed by atoms with Crippen molar-refractivity contribution in [2.75, 3.05) is 45.9 Å². The lowest BCUT2D eigenvalue weighted by atomic mass is 10.1. The van der Waals surface area contributed by atoms with Gasteiger partial charge in [0.25, 0.3) is 0 Å². The zero-order valence-corrected chi connectivity index (χ0v) is 15.1. The lowest BCUT2D eigenvalue weighted by Gasteiger charge is -2.34. The summed E-state index contributed by atoms with van der Waals surface area (Å²) in [6.07, 6.45) is 4.48. The Balaban J connectivity index is 1.24. The van der Waals surface area contributed by atoms with Gasteiger partial charge in [0.1, 0.15) is 13.2 Å². The molecule has 0 spiro atoms. The van der Waals surface area contributed by atoms with E-state index in [0.29, 0.717) is 13.2 Å². The highest BCUT2D eigenvalue weighted by Gasteiger charge is 2.17. The largest absolute Gasteiger partial charge is 0.486 e. The molecular formula is C22H26N2O2. The van der Waals surface area contributed by atoms with Crippen LogP contribution >= 0.6 is 0 Å². The molecule has 2 aliphatic rings. The van der Waals surface area contributed by atoms with Crippen LogP contribution in [0.4, 0.5) is 0 Å². The molecule has 4 heteroatoms. The quantitative estimate of drug-likeness (QED) is 0.826. The average molecular weight is 350 g/mol. The second kappa shape index (κ2) is 8.39. The monoisotopic (exact) mass is 350 g/mol. The van der Waals surface area contributed by atoms with Crippen LogP contribution in [0.3, 0.4) is 0 Å². The van der Waals surface area contributed by atoms with Crippen molar-refractivity contribution < 1.29 is 9.47 Å². The maximum Gasteiger partial charge on any atom is 0.161 e. The van der Waals surface area contributed by atoms with Gasteiger partial charge < -0.3 is 9.47 Å². The number of ether oxygens (including phenoxy) is 2. The minimum absolute atomic E-state index is 0.644. The Morgan fingerprint density at radius 2 is 1.54 bits per heavy atom. The molecule has 4 rings (SSSR count). The van der Waals surface area contributed by atoms with Crippen LogP contribution in [-0.4, -0.2) is 55.7 Å². The van der Waals surface area contributed by atoms with Gasteiger partial charge in [0.15, 0.2) is 11.5 Å². The van der Waals surface area contributed by atoms with E-state index in [1.54, 1.807) is 0 Å². The van der Waals surface area contributed by atoms with Gasteiger partial charge in [0.05, 0.1) is 0 Å². The summed E-state index contributed by atoms with van der Waals surface area (Å²) in [7, 11) is 0. The van der Waals surface area contributed by atoms with Gasteiger partial charge >= 0.3 is 0 Å². The van der Waals surface area contributed by atoms with Crippen molar-refractivity contribution in [3.8, 4) is 11.5 Å². The molecule has 2 aromatic rings. The molecule has 2 heterocycles. The molecule has 1 saturated heterocycles. The number of hydrogen-bond donors (Lipinski definition) is 0.